The summed E-state index contributed by atoms with van der Waals surface area (Å²) in [7, 11) is 1.82. The second kappa shape index (κ2) is 11.0. The van der Waals surface area contributed by atoms with E-state index in [9.17, 15) is 4.79 Å². The van der Waals surface area contributed by atoms with Crippen LogP contribution in [0, 0.1) is 11.8 Å². The Bertz CT molecular complexity index is 513. The number of carbonyl (C=O) groups excluding carboxylic acids is 1. The molecule has 6 heteroatoms. The van der Waals surface area contributed by atoms with Gasteiger partial charge in [0.1, 0.15) is 0 Å². The molecule has 2 atom stereocenters. The molecular weight excluding hydrogens is 352 g/mol. The highest BCUT2D eigenvalue weighted by Crippen LogP contribution is 2.30. The smallest absolute Gasteiger partial charge is 0.225 e. The predicted molar refractivity (Wildman–Crippen MR) is 113 cm³/mol. The van der Waals surface area contributed by atoms with Crippen molar-refractivity contribution >= 4 is 11.9 Å². The number of amides is 1. The molecule has 0 aromatic rings. The van der Waals surface area contributed by atoms with Crippen LogP contribution in [0.1, 0.15) is 71.1 Å². The zero-order chi connectivity index (χ0) is 19.8. The lowest BCUT2D eigenvalue weighted by Crippen LogP contribution is -2.46. The molecule has 3 fully saturated rings. The van der Waals surface area contributed by atoms with E-state index in [0.29, 0.717) is 18.1 Å². The number of guanidine groups is 1. The van der Waals surface area contributed by atoms with Crippen LogP contribution in [0.5, 0.6) is 0 Å². The predicted octanol–water partition coefficient (Wildman–Crippen LogP) is 2.93. The molecule has 2 N–H and O–H groups in total. The van der Waals surface area contributed by atoms with Crippen LogP contribution in [0.2, 0.25) is 0 Å². The number of ether oxygens (including phenoxy) is 1. The average Bonchev–Trinajstić information content (AvgIpc) is 3.48. The topological polar surface area (TPSA) is 66.0 Å². The van der Waals surface area contributed by atoms with Gasteiger partial charge in [0.25, 0.3) is 0 Å². The number of hydrogen-bond donors (Lipinski definition) is 2. The summed E-state index contributed by atoms with van der Waals surface area (Å²) in [6.07, 6.45) is 12.3. The fourth-order valence-corrected chi connectivity index (χ4v) is 5.23. The largest absolute Gasteiger partial charge is 0.378 e. The van der Waals surface area contributed by atoms with Crippen LogP contribution in [-0.2, 0) is 9.53 Å². The average molecular weight is 393 g/mol. The van der Waals surface area contributed by atoms with E-state index in [2.05, 4.69) is 27.4 Å². The van der Waals surface area contributed by atoms with Crippen LogP contribution in [0.3, 0.4) is 0 Å². The van der Waals surface area contributed by atoms with Crippen LogP contribution in [0.25, 0.3) is 0 Å². The van der Waals surface area contributed by atoms with Gasteiger partial charge in [0.2, 0.25) is 5.91 Å². The summed E-state index contributed by atoms with van der Waals surface area (Å²) >= 11 is 0. The first-order chi connectivity index (χ1) is 13.7. The monoisotopic (exact) mass is 392 g/mol. The minimum absolute atomic E-state index is 0.280. The second-order valence-corrected chi connectivity index (χ2v) is 8.72. The molecule has 1 saturated heterocycles. The van der Waals surface area contributed by atoms with Crippen molar-refractivity contribution in [2.45, 2.75) is 83.3 Å². The van der Waals surface area contributed by atoms with Crippen LogP contribution < -0.4 is 10.6 Å². The molecule has 1 aliphatic heterocycles. The van der Waals surface area contributed by atoms with Crippen LogP contribution in [0.15, 0.2) is 4.99 Å². The molecule has 0 aromatic heterocycles. The maximum atomic E-state index is 12.6. The van der Waals surface area contributed by atoms with Crippen LogP contribution in [-0.4, -0.2) is 62.2 Å². The Hall–Kier alpha value is -1.30. The normalized spacial score (nSPS) is 25.4. The summed E-state index contributed by atoms with van der Waals surface area (Å²) in [5.41, 5.74) is 0. The molecule has 1 heterocycles. The summed E-state index contributed by atoms with van der Waals surface area (Å²) in [4.78, 5) is 19.1. The van der Waals surface area contributed by atoms with Gasteiger partial charge in [-0.15, -0.1) is 0 Å². The van der Waals surface area contributed by atoms with Gasteiger partial charge in [0.05, 0.1) is 6.10 Å². The van der Waals surface area contributed by atoms with Crippen molar-refractivity contribution in [1.82, 2.24) is 15.5 Å². The number of nitrogens with zero attached hydrogens (tertiary/aromatic N) is 2. The lowest BCUT2D eigenvalue weighted by molar-refractivity contribution is -0.134. The highest BCUT2D eigenvalue weighted by molar-refractivity contribution is 5.81. The molecule has 2 unspecified atom stereocenters. The third-order valence-electron chi connectivity index (χ3n) is 6.80. The van der Waals surface area contributed by atoms with Crippen LogP contribution >= 0.6 is 0 Å². The van der Waals surface area contributed by atoms with Gasteiger partial charge < -0.3 is 20.3 Å². The standard InChI is InChI=1S/C22H40N4O2/c1-3-28-20(17-8-4-5-9-17)12-14-24-22(23-2)25-19-13-15-26(16-19)21(27)18-10-6-7-11-18/h17-20H,3-16H2,1-2H3,(H2,23,24,25). The van der Waals surface area contributed by atoms with Gasteiger partial charge in [-0.05, 0) is 51.4 Å². The van der Waals surface area contributed by atoms with E-state index in [0.717, 1.165) is 63.8 Å². The van der Waals surface area contributed by atoms with Crippen molar-refractivity contribution in [1.29, 1.82) is 0 Å². The van der Waals surface area contributed by atoms with Crippen molar-refractivity contribution in [3.05, 3.63) is 0 Å². The van der Waals surface area contributed by atoms with Crippen molar-refractivity contribution in [2.24, 2.45) is 16.8 Å². The Morgan fingerprint density at radius 1 is 1.14 bits per heavy atom. The number of hydrogen-bond acceptors (Lipinski definition) is 3. The van der Waals surface area contributed by atoms with Crippen molar-refractivity contribution in [3.63, 3.8) is 0 Å². The quantitative estimate of drug-likeness (QED) is 0.492. The lowest BCUT2D eigenvalue weighted by atomic mass is 9.98. The molecule has 3 aliphatic rings. The molecule has 0 radical (unpaired) electrons. The first-order valence-electron chi connectivity index (χ1n) is 11.6. The minimum atomic E-state index is 0.280. The van der Waals surface area contributed by atoms with Gasteiger partial charge in [-0.25, -0.2) is 0 Å². The zero-order valence-corrected chi connectivity index (χ0v) is 17.9. The summed E-state index contributed by atoms with van der Waals surface area (Å²) in [6.45, 7) is 5.44. The minimum Gasteiger partial charge on any atom is -0.378 e. The number of carbonyl (C=O) groups is 1. The third-order valence-corrected chi connectivity index (χ3v) is 6.80. The highest BCUT2D eigenvalue weighted by atomic mass is 16.5. The van der Waals surface area contributed by atoms with Gasteiger partial charge in [0, 0.05) is 45.2 Å². The Balaban J connectivity index is 1.38. The summed E-state index contributed by atoms with van der Waals surface area (Å²) in [6, 6.07) is 0.300. The van der Waals surface area contributed by atoms with Crippen molar-refractivity contribution < 1.29 is 9.53 Å². The zero-order valence-electron chi connectivity index (χ0n) is 17.9. The number of nitrogens with one attached hydrogen (secondary N) is 2. The van der Waals surface area contributed by atoms with E-state index in [1.807, 2.05) is 7.05 Å². The molecule has 0 spiro atoms. The Morgan fingerprint density at radius 2 is 1.86 bits per heavy atom. The van der Waals surface area contributed by atoms with E-state index in [-0.39, 0.29) is 5.92 Å². The summed E-state index contributed by atoms with van der Waals surface area (Å²) in [5, 5.41) is 6.98. The third kappa shape index (κ3) is 5.85. The molecular formula is C22H40N4O2. The van der Waals surface area contributed by atoms with Gasteiger partial charge in [-0.2, -0.15) is 0 Å². The SMILES string of the molecule is CCOC(CCNC(=NC)NC1CCN(C(=O)C2CCCC2)C1)C1CCCC1. The van der Waals surface area contributed by atoms with E-state index < -0.39 is 0 Å². The van der Waals surface area contributed by atoms with Gasteiger partial charge in [-0.1, -0.05) is 25.7 Å². The fourth-order valence-electron chi connectivity index (χ4n) is 5.23. The Morgan fingerprint density at radius 3 is 2.54 bits per heavy atom. The van der Waals surface area contributed by atoms with E-state index in [1.165, 1.54) is 38.5 Å². The lowest BCUT2D eigenvalue weighted by Gasteiger charge is -2.24. The Labute approximate surface area is 170 Å². The summed E-state index contributed by atoms with van der Waals surface area (Å²) in [5.74, 6) is 2.23. The van der Waals surface area contributed by atoms with Gasteiger partial charge >= 0.3 is 0 Å². The molecule has 1 amide bonds. The number of rotatable bonds is 8. The Kier molecular flexibility index (Phi) is 8.44. The molecule has 2 saturated carbocycles. The van der Waals surface area contributed by atoms with E-state index in [1.54, 1.807) is 0 Å². The van der Waals surface area contributed by atoms with Gasteiger partial charge in [0.15, 0.2) is 5.96 Å². The molecule has 3 rings (SSSR count). The molecule has 0 bridgehead atoms. The molecule has 160 valence electrons. The van der Waals surface area contributed by atoms with Crippen LogP contribution in [0.4, 0.5) is 0 Å². The fraction of sp³-hybridized carbons (Fsp3) is 0.909. The molecule has 2 aliphatic carbocycles. The number of aliphatic imine (C=N–C) groups is 1. The van der Waals surface area contributed by atoms with E-state index in [4.69, 9.17) is 4.74 Å². The van der Waals surface area contributed by atoms with Crippen molar-refractivity contribution in [3.8, 4) is 0 Å². The van der Waals surface area contributed by atoms with Gasteiger partial charge in [-0.3, -0.25) is 9.79 Å². The molecule has 28 heavy (non-hydrogen) atoms. The molecule has 6 nitrogen and oxygen atoms in total. The van der Waals surface area contributed by atoms with Crippen molar-refractivity contribution in [2.75, 3.05) is 33.3 Å². The van der Waals surface area contributed by atoms with E-state index >= 15 is 0 Å². The number of likely N-dealkylation sites (tertiary alicyclic amines) is 1. The maximum absolute atomic E-state index is 12.6. The molecule has 0 aromatic carbocycles. The highest BCUT2D eigenvalue weighted by Gasteiger charge is 2.32. The maximum Gasteiger partial charge on any atom is 0.225 e. The first kappa shape index (κ1) is 21.4. The first-order valence-corrected chi connectivity index (χ1v) is 11.6. The summed E-state index contributed by atoms with van der Waals surface area (Å²) < 4.78 is 6.02. The second-order valence-electron chi connectivity index (χ2n) is 8.72.